The van der Waals surface area contributed by atoms with Crippen LogP contribution in [0.2, 0.25) is 5.02 Å². The number of para-hydroxylation sites is 1. The molecule has 6 heteroatoms. The van der Waals surface area contributed by atoms with Crippen LogP contribution in [0.3, 0.4) is 0 Å². The van der Waals surface area contributed by atoms with E-state index >= 15 is 0 Å². The molecule has 3 aromatic rings. The minimum atomic E-state index is -0.121. The number of rotatable bonds is 6. The fourth-order valence-corrected chi connectivity index (χ4v) is 4.05. The van der Waals surface area contributed by atoms with Crippen molar-refractivity contribution in [3.8, 4) is 11.5 Å². The fourth-order valence-electron chi connectivity index (χ4n) is 3.29. The third kappa shape index (κ3) is 4.23. The number of amides is 1. The lowest BCUT2D eigenvalue weighted by molar-refractivity contribution is -0.110. The number of fused-ring (bicyclic) bond motifs is 1. The molecule has 0 aliphatic carbocycles. The Hall–Kier alpha value is -2.76. The Kier molecular flexibility index (Phi) is 6.11. The maximum Gasteiger partial charge on any atom is 0.256 e. The second-order valence-corrected chi connectivity index (χ2v) is 7.96. The van der Waals surface area contributed by atoms with Gasteiger partial charge in [0.1, 0.15) is 6.61 Å². The molecule has 0 spiro atoms. The summed E-state index contributed by atoms with van der Waals surface area (Å²) in [6, 6.07) is 19.0. The van der Waals surface area contributed by atoms with E-state index in [9.17, 15) is 4.79 Å². The van der Waals surface area contributed by atoms with Crippen molar-refractivity contribution >= 4 is 50.8 Å². The van der Waals surface area contributed by atoms with Gasteiger partial charge in [-0.3, -0.25) is 4.79 Å². The Bertz CT molecular complexity index is 1140. The second kappa shape index (κ2) is 8.94. The van der Waals surface area contributed by atoms with Crippen molar-refractivity contribution < 1.29 is 14.3 Å². The van der Waals surface area contributed by atoms with Gasteiger partial charge in [-0.05, 0) is 58.8 Å². The highest BCUT2D eigenvalue weighted by Crippen LogP contribution is 2.40. The average molecular weight is 485 g/mol. The highest BCUT2D eigenvalue weighted by molar-refractivity contribution is 9.10. The third-order valence-electron chi connectivity index (χ3n) is 4.68. The Morgan fingerprint density at radius 1 is 1.07 bits per heavy atom. The number of ether oxygens (including phenoxy) is 2. The molecule has 4 nitrogen and oxygen atoms in total. The first-order valence-electron chi connectivity index (χ1n) is 9.52. The summed E-state index contributed by atoms with van der Waals surface area (Å²) in [6.07, 6.45) is 1.85. The fraction of sp³-hybridized carbons (Fsp3) is 0.125. The van der Waals surface area contributed by atoms with E-state index in [1.807, 2.05) is 73.7 Å². The lowest BCUT2D eigenvalue weighted by atomic mass is 10.0. The molecule has 1 aliphatic rings. The van der Waals surface area contributed by atoms with Crippen LogP contribution in [-0.4, -0.2) is 12.5 Å². The van der Waals surface area contributed by atoms with Crippen molar-refractivity contribution in [2.45, 2.75) is 13.5 Å². The number of benzene rings is 3. The molecule has 0 unspecified atom stereocenters. The van der Waals surface area contributed by atoms with Crippen LogP contribution in [0, 0.1) is 0 Å². The van der Waals surface area contributed by atoms with Crippen molar-refractivity contribution in [3.05, 3.63) is 86.8 Å². The first kappa shape index (κ1) is 20.5. The molecule has 0 radical (unpaired) electrons. The van der Waals surface area contributed by atoms with Gasteiger partial charge < -0.3 is 14.8 Å². The molecule has 152 valence electrons. The molecule has 1 heterocycles. The molecule has 4 rings (SSSR count). The Labute approximate surface area is 188 Å². The summed E-state index contributed by atoms with van der Waals surface area (Å²) in [5.74, 6) is 1.07. The SMILES string of the molecule is CCOc1cc(/C=C2\C(=O)Nc3ccccc32)cc(Br)c1OCc1ccccc1Cl. The minimum absolute atomic E-state index is 0.121. The number of halogens is 2. The van der Waals surface area contributed by atoms with Gasteiger partial charge in [-0.2, -0.15) is 0 Å². The Morgan fingerprint density at radius 2 is 1.83 bits per heavy atom. The van der Waals surface area contributed by atoms with Gasteiger partial charge in [0.2, 0.25) is 0 Å². The van der Waals surface area contributed by atoms with Gasteiger partial charge in [0.15, 0.2) is 11.5 Å². The van der Waals surface area contributed by atoms with Crippen molar-refractivity contribution in [1.82, 2.24) is 0 Å². The molecule has 0 atom stereocenters. The van der Waals surface area contributed by atoms with Crippen LogP contribution >= 0.6 is 27.5 Å². The largest absolute Gasteiger partial charge is 0.490 e. The summed E-state index contributed by atoms with van der Waals surface area (Å²) in [6.45, 7) is 2.71. The van der Waals surface area contributed by atoms with E-state index in [0.29, 0.717) is 35.3 Å². The van der Waals surface area contributed by atoms with Gasteiger partial charge in [-0.25, -0.2) is 0 Å². The molecule has 0 saturated carbocycles. The summed E-state index contributed by atoms with van der Waals surface area (Å²) in [5.41, 5.74) is 4.04. The molecule has 3 aromatic carbocycles. The standard InChI is InChI=1S/C24H19BrClNO3/c1-2-29-22-13-15(11-18-17-8-4-6-10-21(17)27-24(18)28)12-19(25)23(22)30-14-16-7-3-5-9-20(16)26/h3-13H,2,14H2,1H3,(H,27,28)/b18-11-. The number of anilines is 1. The third-order valence-corrected chi connectivity index (χ3v) is 5.64. The highest BCUT2D eigenvalue weighted by atomic mass is 79.9. The smallest absolute Gasteiger partial charge is 0.256 e. The van der Waals surface area contributed by atoms with Gasteiger partial charge in [-0.15, -0.1) is 0 Å². The molecule has 1 amide bonds. The number of hydrogen-bond acceptors (Lipinski definition) is 3. The zero-order valence-corrected chi connectivity index (χ0v) is 18.6. The van der Waals surface area contributed by atoms with Crippen molar-refractivity contribution in [2.75, 3.05) is 11.9 Å². The van der Waals surface area contributed by atoms with Gasteiger partial charge in [0, 0.05) is 27.4 Å². The number of hydrogen-bond donors (Lipinski definition) is 1. The first-order chi connectivity index (χ1) is 14.6. The minimum Gasteiger partial charge on any atom is -0.490 e. The molecule has 0 saturated heterocycles. The van der Waals surface area contributed by atoms with Crippen molar-refractivity contribution in [1.29, 1.82) is 0 Å². The van der Waals surface area contributed by atoms with Crippen LogP contribution in [0.5, 0.6) is 11.5 Å². The van der Waals surface area contributed by atoms with Gasteiger partial charge in [0.05, 0.1) is 11.1 Å². The summed E-state index contributed by atoms with van der Waals surface area (Å²) >= 11 is 9.83. The van der Waals surface area contributed by atoms with Crippen LogP contribution in [0.1, 0.15) is 23.6 Å². The molecule has 30 heavy (non-hydrogen) atoms. The van der Waals surface area contributed by atoms with Crippen molar-refractivity contribution in [2.24, 2.45) is 0 Å². The summed E-state index contributed by atoms with van der Waals surface area (Å²) in [7, 11) is 0. The molecule has 0 aromatic heterocycles. The van der Waals surface area contributed by atoms with E-state index in [0.717, 1.165) is 26.9 Å². The molecule has 0 bridgehead atoms. The van der Waals surface area contributed by atoms with E-state index in [1.165, 1.54) is 0 Å². The van der Waals surface area contributed by atoms with Gasteiger partial charge in [-0.1, -0.05) is 48.0 Å². The zero-order chi connectivity index (χ0) is 21.1. The molecule has 1 aliphatic heterocycles. The molecule has 1 N–H and O–H groups in total. The van der Waals surface area contributed by atoms with Crippen LogP contribution in [0.25, 0.3) is 11.6 Å². The Balaban J connectivity index is 1.67. The number of nitrogens with one attached hydrogen (secondary N) is 1. The summed E-state index contributed by atoms with van der Waals surface area (Å²) in [4.78, 5) is 12.4. The number of carbonyl (C=O) groups is 1. The van der Waals surface area contributed by atoms with Crippen molar-refractivity contribution in [3.63, 3.8) is 0 Å². The predicted octanol–water partition coefficient (Wildman–Crippen LogP) is 6.57. The van der Waals surface area contributed by atoms with Gasteiger partial charge >= 0.3 is 0 Å². The predicted molar refractivity (Wildman–Crippen MR) is 124 cm³/mol. The van der Waals surface area contributed by atoms with Gasteiger partial charge in [0.25, 0.3) is 5.91 Å². The lowest BCUT2D eigenvalue weighted by Gasteiger charge is -2.15. The maximum absolute atomic E-state index is 12.4. The quantitative estimate of drug-likeness (QED) is 0.402. The van der Waals surface area contributed by atoms with Crippen LogP contribution in [0.15, 0.2) is 65.1 Å². The topological polar surface area (TPSA) is 47.6 Å². The maximum atomic E-state index is 12.4. The number of carbonyl (C=O) groups excluding carboxylic acids is 1. The second-order valence-electron chi connectivity index (χ2n) is 6.70. The zero-order valence-electron chi connectivity index (χ0n) is 16.2. The van der Waals surface area contributed by atoms with E-state index < -0.39 is 0 Å². The summed E-state index contributed by atoms with van der Waals surface area (Å²) in [5, 5.41) is 3.54. The van der Waals surface area contributed by atoms with Crippen LogP contribution in [0.4, 0.5) is 5.69 Å². The lowest BCUT2D eigenvalue weighted by Crippen LogP contribution is -2.04. The van der Waals surface area contributed by atoms with E-state index in [4.69, 9.17) is 21.1 Å². The Morgan fingerprint density at radius 3 is 2.63 bits per heavy atom. The molecular formula is C24H19BrClNO3. The van der Waals surface area contributed by atoms with Crippen LogP contribution in [-0.2, 0) is 11.4 Å². The molecule has 0 fully saturated rings. The van der Waals surface area contributed by atoms with E-state index in [1.54, 1.807) is 0 Å². The van der Waals surface area contributed by atoms with E-state index in [2.05, 4.69) is 21.2 Å². The van der Waals surface area contributed by atoms with E-state index in [-0.39, 0.29) is 5.91 Å². The molecular weight excluding hydrogens is 466 g/mol. The average Bonchev–Trinajstić information content (AvgIpc) is 3.04. The normalized spacial score (nSPS) is 13.8. The van der Waals surface area contributed by atoms with Crippen LogP contribution < -0.4 is 14.8 Å². The monoisotopic (exact) mass is 483 g/mol. The highest BCUT2D eigenvalue weighted by Gasteiger charge is 2.23. The first-order valence-corrected chi connectivity index (χ1v) is 10.7. The summed E-state index contributed by atoms with van der Waals surface area (Å²) < 4.78 is 12.6.